The van der Waals surface area contributed by atoms with Gasteiger partial charge in [0.2, 0.25) is 0 Å². The highest BCUT2D eigenvalue weighted by atomic mass is 35.5. The van der Waals surface area contributed by atoms with E-state index >= 15 is 0 Å². The number of aromatic nitrogens is 1. The van der Waals surface area contributed by atoms with Gasteiger partial charge >= 0.3 is 6.18 Å². The molecule has 0 atom stereocenters. The number of rotatable bonds is 4. The summed E-state index contributed by atoms with van der Waals surface area (Å²) >= 11 is 0. The summed E-state index contributed by atoms with van der Waals surface area (Å²) in [5.74, 6) is -0.676. The lowest BCUT2D eigenvalue weighted by Crippen LogP contribution is -2.46. The van der Waals surface area contributed by atoms with Gasteiger partial charge in [0, 0.05) is 39.3 Å². The molecule has 0 aliphatic carbocycles. The number of halogens is 4. The molecule has 1 saturated heterocycles. The van der Waals surface area contributed by atoms with E-state index in [-0.39, 0.29) is 18.0 Å². The van der Waals surface area contributed by atoms with E-state index in [1.54, 1.807) is 4.98 Å². The molecule has 1 fully saturated rings. The summed E-state index contributed by atoms with van der Waals surface area (Å²) in [7, 11) is 0. The number of hydrogen-bond donors (Lipinski definition) is 3. The Labute approximate surface area is 136 Å². The summed E-state index contributed by atoms with van der Waals surface area (Å²) in [4.78, 5) is 27.2. The lowest BCUT2D eigenvalue weighted by molar-refractivity contribution is -0.141. The van der Waals surface area contributed by atoms with E-state index in [1.165, 1.54) is 0 Å². The molecule has 0 bridgehead atoms. The fourth-order valence-electron chi connectivity index (χ4n) is 2.18. The SMILES string of the molecule is Cl.O=C(NCCN1CCNCC1)c1ccc(C(F)(F)F)[nH]c1=O. The molecule has 0 saturated carbocycles. The van der Waals surface area contributed by atoms with Gasteiger partial charge in [-0.2, -0.15) is 13.2 Å². The van der Waals surface area contributed by atoms with E-state index < -0.39 is 23.3 Å². The van der Waals surface area contributed by atoms with Crippen molar-refractivity contribution < 1.29 is 18.0 Å². The van der Waals surface area contributed by atoms with Gasteiger partial charge in [-0.25, -0.2) is 0 Å². The van der Waals surface area contributed by atoms with Crippen molar-refractivity contribution in [3.05, 3.63) is 33.7 Å². The Balaban J connectivity index is 0.00000264. The molecule has 1 amide bonds. The molecule has 0 unspecified atom stereocenters. The van der Waals surface area contributed by atoms with Crippen molar-refractivity contribution in [2.45, 2.75) is 6.18 Å². The normalized spacial score (nSPS) is 15.8. The number of nitrogens with zero attached hydrogens (tertiary/aromatic N) is 1. The van der Waals surface area contributed by atoms with Crippen LogP contribution in [0.3, 0.4) is 0 Å². The number of pyridine rings is 1. The van der Waals surface area contributed by atoms with Crippen molar-refractivity contribution >= 4 is 18.3 Å². The molecule has 3 N–H and O–H groups in total. The second-order valence-electron chi connectivity index (χ2n) is 4.96. The minimum atomic E-state index is -4.64. The molecule has 23 heavy (non-hydrogen) atoms. The number of nitrogens with one attached hydrogen (secondary N) is 3. The minimum Gasteiger partial charge on any atom is -0.351 e. The Kier molecular flexibility index (Phi) is 7.04. The number of carbonyl (C=O) groups is 1. The number of aromatic amines is 1. The first-order chi connectivity index (χ1) is 10.4. The minimum absolute atomic E-state index is 0. The maximum Gasteiger partial charge on any atom is 0.431 e. The van der Waals surface area contributed by atoms with Gasteiger partial charge in [-0.15, -0.1) is 12.4 Å². The molecule has 0 aromatic carbocycles. The monoisotopic (exact) mass is 354 g/mol. The zero-order chi connectivity index (χ0) is 16.2. The van der Waals surface area contributed by atoms with E-state index in [9.17, 15) is 22.8 Å². The topological polar surface area (TPSA) is 77.2 Å². The summed E-state index contributed by atoms with van der Waals surface area (Å²) in [6.45, 7) is 4.47. The van der Waals surface area contributed by atoms with Crippen LogP contribution in [0.15, 0.2) is 16.9 Å². The Bertz CT molecular complexity index is 585. The first kappa shape index (κ1) is 19.5. The highest BCUT2D eigenvalue weighted by Crippen LogP contribution is 2.26. The van der Waals surface area contributed by atoms with E-state index in [1.807, 2.05) is 0 Å². The van der Waals surface area contributed by atoms with Gasteiger partial charge in [-0.3, -0.25) is 14.5 Å². The van der Waals surface area contributed by atoms with Gasteiger partial charge in [0.25, 0.3) is 11.5 Å². The summed E-state index contributed by atoms with van der Waals surface area (Å²) in [6, 6.07) is 1.58. The highest BCUT2D eigenvalue weighted by molar-refractivity contribution is 5.93. The van der Waals surface area contributed by atoms with E-state index in [4.69, 9.17) is 0 Å². The average Bonchev–Trinajstić information content (AvgIpc) is 2.47. The molecule has 0 radical (unpaired) electrons. The molecule has 1 aliphatic heterocycles. The second kappa shape index (κ2) is 8.32. The molecule has 1 aromatic heterocycles. The number of amides is 1. The Morgan fingerprint density at radius 2 is 1.91 bits per heavy atom. The van der Waals surface area contributed by atoms with Crippen LogP contribution in [0, 0.1) is 0 Å². The largest absolute Gasteiger partial charge is 0.431 e. The van der Waals surface area contributed by atoms with Gasteiger partial charge in [0.15, 0.2) is 0 Å². The van der Waals surface area contributed by atoms with Crippen LogP contribution in [-0.4, -0.2) is 55.1 Å². The summed E-state index contributed by atoms with van der Waals surface area (Å²) in [6.07, 6.45) is -4.64. The molecule has 0 spiro atoms. The van der Waals surface area contributed by atoms with Crippen LogP contribution in [-0.2, 0) is 6.18 Å². The van der Waals surface area contributed by atoms with Crippen molar-refractivity contribution in [2.24, 2.45) is 0 Å². The van der Waals surface area contributed by atoms with Crippen LogP contribution in [0.1, 0.15) is 16.1 Å². The molecule has 2 heterocycles. The maximum absolute atomic E-state index is 12.4. The van der Waals surface area contributed by atoms with Crippen LogP contribution >= 0.6 is 12.4 Å². The van der Waals surface area contributed by atoms with Gasteiger partial charge in [0.1, 0.15) is 11.3 Å². The Morgan fingerprint density at radius 1 is 1.26 bits per heavy atom. The van der Waals surface area contributed by atoms with Crippen molar-refractivity contribution in [2.75, 3.05) is 39.3 Å². The maximum atomic E-state index is 12.4. The smallest absolute Gasteiger partial charge is 0.351 e. The summed E-state index contributed by atoms with van der Waals surface area (Å²) in [5, 5.41) is 5.74. The molecule has 2 rings (SSSR count). The van der Waals surface area contributed by atoms with Crippen LogP contribution in [0.4, 0.5) is 13.2 Å². The van der Waals surface area contributed by atoms with Gasteiger partial charge in [-0.1, -0.05) is 0 Å². The highest BCUT2D eigenvalue weighted by Gasteiger charge is 2.32. The molecule has 6 nitrogen and oxygen atoms in total. The van der Waals surface area contributed by atoms with E-state index in [0.29, 0.717) is 19.2 Å². The quantitative estimate of drug-likeness (QED) is 0.734. The van der Waals surface area contributed by atoms with Crippen molar-refractivity contribution in [1.82, 2.24) is 20.5 Å². The second-order valence-corrected chi connectivity index (χ2v) is 4.96. The molecule has 1 aromatic rings. The summed E-state index contributed by atoms with van der Waals surface area (Å²) in [5.41, 5.74) is -2.54. The molecule has 130 valence electrons. The molecular formula is C13H18ClF3N4O2. The van der Waals surface area contributed by atoms with Crippen LogP contribution < -0.4 is 16.2 Å². The third-order valence-electron chi connectivity index (χ3n) is 3.38. The number of H-pyrrole nitrogens is 1. The average molecular weight is 355 g/mol. The fraction of sp³-hybridized carbons (Fsp3) is 0.538. The van der Waals surface area contributed by atoms with Crippen LogP contribution in [0.25, 0.3) is 0 Å². The third-order valence-corrected chi connectivity index (χ3v) is 3.38. The Hall–Kier alpha value is -1.58. The number of piperazine rings is 1. The van der Waals surface area contributed by atoms with Crippen molar-refractivity contribution in [1.29, 1.82) is 0 Å². The Morgan fingerprint density at radius 3 is 2.48 bits per heavy atom. The third kappa shape index (κ3) is 5.52. The van der Waals surface area contributed by atoms with Crippen LogP contribution in [0.2, 0.25) is 0 Å². The molecule has 10 heteroatoms. The van der Waals surface area contributed by atoms with E-state index in [2.05, 4.69) is 15.5 Å². The first-order valence-electron chi connectivity index (χ1n) is 6.90. The number of alkyl halides is 3. The summed E-state index contributed by atoms with van der Waals surface area (Å²) < 4.78 is 37.3. The van der Waals surface area contributed by atoms with Gasteiger partial charge < -0.3 is 15.6 Å². The molecule has 1 aliphatic rings. The van der Waals surface area contributed by atoms with Crippen molar-refractivity contribution in [3.63, 3.8) is 0 Å². The van der Waals surface area contributed by atoms with E-state index in [0.717, 1.165) is 32.2 Å². The predicted molar refractivity (Wildman–Crippen MR) is 81.0 cm³/mol. The standard InChI is InChI=1S/C13H17F3N4O2.ClH/c14-13(15,16)10-2-1-9(12(22)19-10)11(21)18-5-8-20-6-3-17-4-7-20;/h1-2,17H,3-8H2,(H,18,21)(H,19,22);1H. The first-order valence-corrected chi connectivity index (χ1v) is 6.90. The zero-order valence-corrected chi connectivity index (χ0v) is 13.0. The van der Waals surface area contributed by atoms with Gasteiger partial charge in [0.05, 0.1) is 0 Å². The van der Waals surface area contributed by atoms with Crippen LogP contribution in [0.5, 0.6) is 0 Å². The fourth-order valence-corrected chi connectivity index (χ4v) is 2.18. The van der Waals surface area contributed by atoms with Crippen molar-refractivity contribution in [3.8, 4) is 0 Å². The number of carbonyl (C=O) groups excluding carboxylic acids is 1. The predicted octanol–water partition coefficient (Wildman–Crippen LogP) is 0.450. The lowest BCUT2D eigenvalue weighted by atomic mass is 10.2. The number of hydrogen-bond acceptors (Lipinski definition) is 4. The molecular weight excluding hydrogens is 337 g/mol. The zero-order valence-electron chi connectivity index (χ0n) is 12.2. The lowest BCUT2D eigenvalue weighted by Gasteiger charge is -2.27. The van der Waals surface area contributed by atoms with Gasteiger partial charge in [-0.05, 0) is 12.1 Å².